The highest BCUT2D eigenvalue weighted by atomic mass is 28.4. The van der Waals surface area contributed by atoms with Gasteiger partial charge in [0.05, 0.1) is 5.03 Å². The van der Waals surface area contributed by atoms with Gasteiger partial charge in [-0.25, -0.2) is 0 Å². The number of hydrogen-bond donors (Lipinski definition) is 0. The Labute approximate surface area is 79.2 Å². The van der Waals surface area contributed by atoms with Crippen molar-refractivity contribution < 1.29 is 4.79 Å². The summed E-state index contributed by atoms with van der Waals surface area (Å²) in [5, 5.41) is 0.741. The molecule has 0 bridgehead atoms. The molecule has 12 heavy (non-hydrogen) atoms. The van der Waals surface area contributed by atoms with Gasteiger partial charge >= 0.3 is 0 Å². The summed E-state index contributed by atoms with van der Waals surface area (Å²) >= 11 is 0. The first-order valence-electron chi connectivity index (χ1n) is 4.62. The van der Waals surface area contributed by atoms with E-state index >= 15 is 0 Å². The quantitative estimate of drug-likeness (QED) is 0.568. The molecule has 69 valence electrons. The molecule has 0 aromatic carbocycles. The maximum atomic E-state index is 12.1. The lowest BCUT2D eigenvalue weighted by atomic mass is 11.6. The Morgan fingerprint density at radius 2 is 1.42 bits per heavy atom. The first-order chi connectivity index (χ1) is 5.26. The second-order valence-electron chi connectivity index (χ2n) is 5.41. The molecule has 1 rings (SSSR count). The Balaban J connectivity index is 2.91. The van der Waals surface area contributed by atoms with E-state index in [0.717, 1.165) is 5.03 Å². The molecule has 0 N–H and O–H groups in total. The van der Waals surface area contributed by atoms with Crippen LogP contribution < -0.4 is 0 Å². The summed E-state index contributed by atoms with van der Waals surface area (Å²) < 4.78 is 0. The van der Waals surface area contributed by atoms with Gasteiger partial charge in [-0.2, -0.15) is 0 Å². The monoisotopic (exact) mass is 215 g/mol. The molecule has 0 spiro atoms. The summed E-state index contributed by atoms with van der Waals surface area (Å²) in [6.07, 6.45) is 0. The van der Waals surface area contributed by atoms with Crippen LogP contribution in [-0.4, -0.2) is 30.0 Å². The molecule has 1 fully saturated rings. The van der Waals surface area contributed by atoms with E-state index in [9.17, 15) is 4.79 Å². The minimum atomic E-state index is -1.42. The molecule has 0 unspecified atom stereocenters. The Hall–Kier alpha value is 0.321. The van der Waals surface area contributed by atoms with Crippen LogP contribution in [0.2, 0.25) is 44.1 Å². The summed E-state index contributed by atoms with van der Waals surface area (Å²) in [6.45, 7) is 11.5. The lowest BCUT2D eigenvalue weighted by Gasteiger charge is -2.39. The van der Waals surface area contributed by atoms with Crippen molar-refractivity contribution in [3.63, 3.8) is 0 Å². The molecule has 1 aliphatic rings. The second-order valence-corrected chi connectivity index (χ2v) is 19.1. The lowest BCUT2D eigenvalue weighted by Crippen LogP contribution is -2.59. The van der Waals surface area contributed by atoms with Crippen molar-refractivity contribution in [3.8, 4) is 0 Å². The van der Waals surface area contributed by atoms with Crippen LogP contribution in [0.4, 0.5) is 4.79 Å². The third-order valence-corrected chi connectivity index (χ3v) is 21.1. The molecule has 0 saturated carbocycles. The highest BCUT2D eigenvalue weighted by Gasteiger charge is 2.47. The van der Waals surface area contributed by atoms with Gasteiger partial charge < -0.3 is 4.79 Å². The fourth-order valence-corrected chi connectivity index (χ4v) is 26.5. The average molecular weight is 215 g/mol. The maximum Gasteiger partial charge on any atom is 0.117 e. The van der Waals surface area contributed by atoms with Gasteiger partial charge in [-0.05, 0) is 0 Å². The van der Waals surface area contributed by atoms with Gasteiger partial charge in [-0.15, -0.1) is 0 Å². The van der Waals surface area contributed by atoms with Crippen molar-refractivity contribution >= 4 is 30.0 Å². The van der Waals surface area contributed by atoms with Crippen LogP contribution in [0.5, 0.6) is 0 Å². The van der Waals surface area contributed by atoms with E-state index in [4.69, 9.17) is 0 Å². The zero-order chi connectivity index (χ0) is 9.57. The van der Waals surface area contributed by atoms with Gasteiger partial charge in [0, 0.05) is 8.80 Å². The van der Waals surface area contributed by atoms with E-state index in [1.807, 2.05) is 0 Å². The van der Waals surface area contributed by atoms with E-state index < -0.39 is 16.1 Å². The van der Waals surface area contributed by atoms with E-state index in [0.29, 0.717) is 0 Å². The number of rotatable bonds is 0. The van der Waals surface area contributed by atoms with Gasteiger partial charge in [-0.3, -0.25) is 0 Å². The molecule has 1 radical (unpaired) electrons. The minimum Gasteiger partial charge on any atom is -0.311 e. The molecular weight excluding hydrogens is 196 g/mol. The topological polar surface area (TPSA) is 17.1 Å². The van der Waals surface area contributed by atoms with Crippen molar-refractivity contribution in [3.05, 3.63) is 0 Å². The summed E-state index contributed by atoms with van der Waals surface area (Å²) in [7, 11) is -2.98. The van der Waals surface area contributed by atoms with E-state index in [2.05, 4.69) is 32.7 Å². The van der Waals surface area contributed by atoms with Gasteiger partial charge in [0.2, 0.25) is 0 Å². The molecule has 4 heteroatoms. The Morgan fingerprint density at radius 3 is 1.75 bits per heavy atom. The van der Waals surface area contributed by atoms with E-state index in [1.165, 1.54) is 11.3 Å². The van der Waals surface area contributed by atoms with Crippen LogP contribution in [0.1, 0.15) is 0 Å². The summed E-state index contributed by atoms with van der Waals surface area (Å²) in [5.74, 6) is 0. The Morgan fingerprint density at radius 1 is 1.08 bits per heavy atom. The molecule has 0 aromatic rings. The smallest absolute Gasteiger partial charge is 0.117 e. The number of hydrogen-bond acceptors (Lipinski definition) is 1. The summed E-state index contributed by atoms with van der Waals surface area (Å²) in [4.78, 5) is 12.1. The van der Waals surface area contributed by atoms with Crippen LogP contribution >= 0.6 is 0 Å². The highest BCUT2D eigenvalue weighted by molar-refractivity contribution is 7.37. The van der Waals surface area contributed by atoms with Crippen LogP contribution in [0, 0.1) is 0 Å². The zero-order valence-corrected chi connectivity index (χ0v) is 11.8. The maximum absolute atomic E-state index is 12.1. The first kappa shape index (κ1) is 10.4. The van der Waals surface area contributed by atoms with Crippen molar-refractivity contribution in [2.24, 2.45) is 0 Å². The van der Waals surface area contributed by atoms with Crippen molar-refractivity contribution in [1.82, 2.24) is 0 Å². The molecule has 0 aromatic heterocycles. The number of carbonyl (C=O) groups excluding carboxylic acids is 1. The molecule has 0 atom stereocenters. The third-order valence-electron chi connectivity index (χ3n) is 2.72. The number of carbonyl (C=O) groups is 1. The standard InChI is InChI=1S/C8H19OSi3/c1-10-6-11(2,3)8(9)12(4,5)7-10/h6-7H2,1-5H3. The van der Waals surface area contributed by atoms with Gasteiger partial charge in [-0.1, -0.05) is 44.1 Å². The SMILES string of the molecule is C[Si]1C[Si](C)(C)C(=O)[Si](C)(C)C1. The fourth-order valence-electron chi connectivity index (χ4n) is 2.65. The minimum absolute atomic E-state index is 0.136. The Bertz CT molecular complexity index is 190. The second kappa shape index (κ2) is 2.92. The van der Waals surface area contributed by atoms with Crippen LogP contribution in [-0.2, 0) is 0 Å². The predicted octanol–water partition coefficient (Wildman–Crippen LogP) is 2.90. The largest absolute Gasteiger partial charge is 0.311 e. The predicted molar refractivity (Wildman–Crippen MR) is 61.6 cm³/mol. The van der Waals surface area contributed by atoms with Gasteiger partial charge in [0.1, 0.15) is 16.1 Å². The molecule has 0 amide bonds. The normalized spacial score (nSPS) is 28.9. The third kappa shape index (κ3) is 1.80. The van der Waals surface area contributed by atoms with E-state index in [-0.39, 0.29) is 8.80 Å². The van der Waals surface area contributed by atoms with Crippen molar-refractivity contribution in [2.45, 2.75) is 44.1 Å². The lowest BCUT2D eigenvalue weighted by molar-refractivity contribution is 0.271. The van der Waals surface area contributed by atoms with Crippen molar-refractivity contribution in [1.29, 1.82) is 0 Å². The zero-order valence-electron chi connectivity index (χ0n) is 8.82. The first-order valence-corrected chi connectivity index (χ1v) is 13.4. The molecule has 1 saturated heterocycles. The van der Waals surface area contributed by atoms with Crippen molar-refractivity contribution in [2.75, 3.05) is 0 Å². The van der Waals surface area contributed by atoms with Gasteiger partial charge in [0.15, 0.2) is 0 Å². The molecule has 0 aliphatic carbocycles. The molecular formula is C8H19OSi3. The van der Waals surface area contributed by atoms with E-state index in [1.54, 1.807) is 0 Å². The van der Waals surface area contributed by atoms with Crippen LogP contribution in [0.25, 0.3) is 0 Å². The molecule has 1 aliphatic heterocycles. The summed E-state index contributed by atoms with van der Waals surface area (Å²) in [5.41, 5.74) is 2.65. The summed E-state index contributed by atoms with van der Waals surface area (Å²) in [6, 6.07) is 0. The Kier molecular flexibility index (Phi) is 2.53. The van der Waals surface area contributed by atoms with Crippen LogP contribution in [0.3, 0.4) is 0 Å². The average Bonchev–Trinajstić information content (AvgIpc) is 1.80. The van der Waals surface area contributed by atoms with Crippen LogP contribution in [0.15, 0.2) is 0 Å². The highest BCUT2D eigenvalue weighted by Crippen LogP contribution is 2.31. The molecule has 1 heterocycles. The fraction of sp³-hybridized carbons (Fsp3) is 0.875. The van der Waals surface area contributed by atoms with Gasteiger partial charge in [0.25, 0.3) is 0 Å². The molecule has 1 nitrogen and oxygen atoms in total.